The summed E-state index contributed by atoms with van der Waals surface area (Å²) in [5.41, 5.74) is 2.28. The average Bonchev–Trinajstić information content (AvgIpc) is 2.74. The van der Waals surface area contributed by atoms with E-state index in [1.807, 2.05) is 6.92 Å². The Morgan fingerprint density at radius 3 is 3.00 bits per heavy atom. The summed E-state index contributed by atoms with van der Waals surface area (Å²) in [5, 5.41) is 7.28. The molecule has 102 valence electrons. The Morgan fingerprint density at radius 2 is 2.33 bits per heavy atom. The molecule has 2 heterocycles. The number of aryl methyl sites for hydroxylation is 1. The SMILES string of the molecule is Cc1cc(CN(C)CCN2CCCC[C@@H]2C)n[nH]1. The molecule has 1 fully saturated rings. The summed E-state index contributed by atoms with van der Waals surface area (Å²) in [6.07, 6.45) is 4.13. The van der Waals surface area contributed by atoms with Gasteiger partial charge in [-0.25, -0.2) is 0 Å². The molecule has 0 aromatic carbocycles. The van der Waals surface area contributed by atoms with E-state index >= 15 is 0 Å². The van der Waals surface area contributed by atoms with E-state index < -0.39 is 0 Å². The number of aromatic amines is 1. The Bertz CT molecular complexity index is 360. The van der Waals surface area contributed by atoms with Gasteiger partial charge in [-0.3, -0.25) is 14.9 Å². The zero-order valence-corrected chi connectivity index (χ0v) is 11.9. The second-order valence-corrected chi connectivity index (χ2v) is 5.66. The number of nitrogens with zero attached hydrogens (tertiary/aromatic N) is 3. The summed E-state index contributed by atoms with van der Waals surface area (Å²) in [6, 6.07) is 2.89. The molecule has 4 heteroatoms. The first-order valence-corrected chi connectivity index (χ1v) is 7.08. The minimum absolute atomic E-state index is 0.764. The monoisotopic (exact) mass is 250 g/mol. The Morgan fingerprint density at radius 1 is 1.50 bits per heavy atom. The standard InChI is InChI=1S/C14H26N4/c1-12-10-14(16-15-12)11-17(3)8-9-18-7-5-4-6-13(18)2/h10,13H,4-9,11H2,1-3H3,(H,15,16)/t13-/m0/s1. The zero-order chi connectivity index (χ0) is 13.0. The molecule has 1 N–H and O–H groups in total. The predicted octanol–water partition coefficient (Wildman–Crippen LogP) is 2.02. The second-order valence-electron chi connectivity index (χ2n) is 5.66. The lowest BCUT2D eigenvalue weighted by molar-refractivity contribution is 0.140. The molecule has 0 radical (unpaired) electrons. The molecule has 0 aliphatic carbocycles. The molecule has 0 unspecified atom stereocenters. The minimum Gasteiger partial charge on any atom is -0.299 e. The largest absolute Gasteiger partial charge is 0.299 e. The molecule has 0 saturated carbocycles. The fourth-order valence-electron chi connectivity index (χ4n) is 2.70. The second kappa shape index (κ2) is 6.34. The van der Waals surface area contributed by atoms with Crippen molar-refractivity contribution in [3.8, 4) is 0 Å². The van der Waals surface area contributed by atoms with Gasteiger partial charge in [0.1, 0.15) is 0 Å². The van der Waals surface area contributed by atoms with Crippen LogP contribution < -0.4 is 0 Å². The van der Waals surface area contributed by atoms with Gasteiger partial charge in [0.25, 0.3) is 0 Å². The van der Waals surface area contributed by atoms with Crippen LogP contribution in [0.3, 0.4) is 0 Å². The molecular formula is C14H26N4. The van der Waals surface area contributed by atoms with Crippen LogP contribution in [0.5, 0.6) is 0 Å². The Balaban J connectivity index is 1.72. The number of likely N-dealkylation sites (tertiary alicyclic amines) is 1. The molecule has 1 atom stereocenters. The van der Waals surface area contributed by atoms with Gasteiger partial charge in [-0.2, -0.15) is 5.10 Å². The molecule has 2 rings (SSSR count). The van der Waals surface area contributed by atoms with E-state index in [-0.39, 0.29) is 0 Å². The van der Waals surface area contributed by atoms with E-state index in [9.17, 15) is 0 Å². The van der Waals surface area contributed by atoms with Crippen LogP contribution in [0.1, 0.15) is 37.6 Å². The number of rotatable bonds is 5. The summed E-state index contributed by atoms with van der Waals surface area (Å²) in [6.45, 7) is 8.92. The van der Waals surface area contributed by atoms with Crippen molar-refractivity contribution in [2.75, 3.05) is 26.7 Å². The molecule has 0 bridgehead atoms. The Hall–Kier alpha value is -0.870. The van der Waals surface area contributed by atoms with Gasteiger partial charge in [-0.1, -0.05) is 6.42 Å². The van der Waals surface area contributed by atoms with Crippen LogP contribution in [0.2, 0.25) is 0 Å². The van der Waals surface area contributed by atoms with Crippen LogP contribution in [-0.4, -0.2) is 52.7 Å². The molecule has 18 heavy (non-hydrogen) atoms. The molecule has 1 aromatic rings. The van der Waals surface area contributed by atoms with Crippen molar-refractivity contribution in [1.82, 2.24) is 20.0 Å². The van der Waals surface area contributed by atoms with Gasteiger partial charge in [0.05, 0.1) is 5.69 Å². The number of hydrogen-bond acceptors (Lipinski definition) is 3. The number of aromatic nitrogens is 2. The summed E-state index contributed by atoms with van der Waals surface area (Å²) in [5.74, 6) is 0. The summed E-state index contributed by atoms with van der Waals surface area (Å²) >= 11 is 0. The molecule has 1 aromatic heterocycles. The molecule has 1 saturated heterocycles. The van der Waals surface area contributed by atoms with Crippen molar-refractivity contribution in [3.05, 3.63) is 17.5 Å². The highest BCUT2D eigenvalue weighted by Crippen LogP contribution is 2.15. The molecule has 4 nitrogen and oxygen atoms in total. The van der Waals surface area contributed by atoms with Crippen molar-refractivity contribution in [2.24, 2.45) is 0 Å². The minimum atomic E-state index is 0.764. The lowest BCUT2D eigenvalue weighted by atomic mass is 10.0. The molecule has 0 spiro atoms. The third kappa shape index (κ3) is 3.82. The van der Waals surface area contributed by atoms with Crippen LogP contribution >= 0.6 is 0 Å². The van der Waals surface area contributed by atoms with E-state index in [0.29, 0.717) is 0 Å². The van der Waals surface area contributed by atoms with Crippen LogP contribution in [-0.2, 0) is 6.54 Å². The van der Waals surface area contributed by atoms with Gasteiger partial charge in [-0.15, -0.1) is 0 Å². The number of hydrogen-bond donors (Lipinski definition) is 1. The smallest absolute Gasteiger partial charge is 0.0764 e. The average molecular weight is 250 g/mol. The van der Waals surface area contributed by atoms with E-state index in [0.717, 1.165) is 30.5 Å². The number of nitrogens with one attached hydrogen (secondary N) is 1. The Kier molecular flexibility index (Phi) is 4.78. The van der Waals surface area contributed by atoms with Gasteiger partial charge in [-0.05, 0) is 46.3 Å². The third-order valence-electron chi connectivity index (χ3n) is 3.90. The van der Waals surface area contributed by atoms with Gasteiger partial charge in [0.15, 0.2) is 0 Å². The van der Waals surface area contributed by atoms with E-state index in [4.69, 9.17) is 0 Å². The maximum Gasteiger partial charge on any atom is 0.0764 e. The third-order valence-corrected chi connectivity index (χ3v) is 3.90. The first kappa shape index (κ1) is 13.6. The molecule has 1 aliphatic rings. The van der Waals surface area contributed by atoms with Gasteiger partial charge >= 0.3 is 0 Å². The summed E-state index contributed by atoms with van der Waals surface area (Å²) < 4.78 is 0. The highest BCUT2D eigenvalue weighted by molar-refractivity contribution is 5.06. The van der Waals surface area contributed by atoms with Crippen LogP contribution in [0.4, 0.5) is 0 Å². The van der Waals surface area contributed by atoms with Gasteiger partial charge in [0, 0.05) is 31.4 Å². The van der Waals surface area contributed by atoms with Crippen LogP contribution in [0, 0.1) is 6.92 Å². The number of likely N-dealkylation sites (N-methyl/N-ethyl adjacent to an activating group) is 1. The van der Waals surface area contributed by atoms with Gasteiger partial charge in [0.2, 0.25) is 0 Å². The fourth-order valence-corrected chi connectivity index (χ4v) is 2.70. The lowest BCUT2D eigenvalue weighted by Gasteiger charge is -2.34. The Labute approximate surface area is 110 Å². The van der Waals surface area contributed by atoms with Crippen molar-refractivity contribution in [2.45, 2.75) is 45.7 Å². The number of H-pyrrole nitrogens is 1. The topological polar surface area (TPSA) is 35.2 Å². The van der Waals surface area contributed by atoms with E-state index in [1.165, 1.54) is 32.4 Å². The van der Waals surface area contributed by atoms with Crippen molar-refractivity contribution >= 4 is 0 Å². The van der Waals surface area contributed by atoms with Gasteiger partial charge < -0.3 is 0 Å². The normalized spacial score (nSPS) is 21.7. The summed E-state index contributed by atoms with van der Waals surface area (Å²) in [4.78, 5) is 4.98. The van der Waals surface area contributed by atoms with E-state index in [2.05, 4.69) is 40.0 Å². The number of piperidine rings is 1. The maximum absolute atomic E-state index is 4.29. The quantitative estimate of drug-likeness (QED) is 0.868. The predicted molar refractivity (Wildman–Crippen MR) is 74.5 cm³/mol. The lowest BCUT2D eigenvalue weighted by Crippen LogP contribution is -2.41. The first-order chi connectivity index (χ1) is 8.65. The van der Waals surface area contributed by atoms with Crippen molar-refractivity contribution < 1.29 is 0 Å². The van der Waals surface area contributed by atoms with Crippen LogP contribution in [0.15, 0.2) is 6.07 Å². The van der Waals surface area contributed by atoms with Crippen molar-refractivity contribution in [1.29, 1.82) is 0 Å². The highest BCUT2D eigenvalue weighted by atomic mass is 15.2. The van der Waals surface area contributed by atoms with E-state index in [1.54, 1.807) is 0 Å². The molecule has 1 aliphatic heterocycles. The zero-order valence-electron chi connectivity index (χ0n) is 11.9. The molecule has 0 amide bonds. The summed E-state index contributed by atoms with van der Waals surface area (Å²) in [7, 11) is 2.18. The van der Waals surface area contributed by atoms with Crippen molar-refractivity contribution in [3.63, 3.8) is 0 Å². The van der Waals surface area contributed by atoms with Crippen LogP contribution in [0.25, 0.3) is 0 Å². The molecular weight excluding hydrogens is 224 g/mol. The first-order valence-electron chi connectivity index (χ1n) is 7.08. The highest BCUT2D eigenvalue weighted by Gasteiger charge is 2.18. The maximum atomic E-state index is 4.29. The fraction of sp³-hybridized carbons (Fsp3) is 0.786.